The van der Waals surface area contributed by atoms with Crippen LogP contribution in [0, 0.1) is 4.91 Å². The molecule has 0 fully saturated rings. The van der Waals surface area contributed by atoms with Crippen molar-refractivity contribution in [3.63, 3.8) is 0 Å². The molecule has 0 aliphatic carbocycles. The number of carbonyl (C=O) groups excluding carboxylic acids is 1. The minimum Gasteiger partial charge on any atom is -0.442 e. The first kappa shape index (κ1) is 12.6. The van der Waals surface area contributed by atoms with Crippen molar-refractivity contribution < 1.29 is 9.53 Å². The van der Waals surface area contributed by atoms with Gasteiger partial charge in [0.1, 0.15) is 5.60 Å². The Morgan fingerprint density at radius 2 is 2.08 bits per heavy atom. The molecule has 0 heterocycles. The van der Waals surface area contributed by atoms with Gasteiger partial charge in [0, 0.05) is 4.43 Å². The molecule has 6 heteroatoms. The highest BCUT2D eigenvalue weighted by molar-refractivity contribution is 14.1. The predicted molar refractivity (Wildman–Crippen MR) is 57.6 cm³/mol. The Bertz CT molecular complexity index is 191. The van der Waals surface area contributed by atoms with Gasteiger partial charge in [-0.05, 0) is 20.8 Å². The van der Waals surface area contributed by atoms with Crippen molar-refractivity contribution in [3.8, 4) is 0 Å². The molecule has 0 aromatic heterocycles. The predicted octanol–water partition coefficient (Wildman–Crippen LogP) is 2.34. The summed E-state index contributed by atoms with van der Waals surface area (Å²) < 4.78 is 5.57. The van der Waals surface area contributed by atoms with Crippen LogP contribution in [0.25, 0.3) is 0 Å². The first-order valence-corrected chi connectivity index (χ1v) is 5.33. The van der Waals surface area contributed by atoms with Crippen molar-refractivity contribution in [1.29, 1.82) is 0 Å². The van der Waals surface area contributed by atoms with E-state index in [0.29, 0.717) is 4.43 Å². The van der Waals surface area contributed by atoms with Crippen LogP contribution in [0.4, 0.5) is 4.79 Å². The van der Waals surface area contributed by atoms with Crippen LogP contribution in [-0.4, -0.2) is 27.7 Å². The van der Waals surface area contributed by atoms with Gasteiger partial charge in [0.15, 0.2) is 0 Å². The van der Waals surface area contributed by atoms with E-state index in [9.17, 15) is 9.70 Å². The number of nitroso groups, excluding NO2 is 1. The van der Waals surface area contributed by atoms with Gasteiger partial charge >= 0.3 is 6.09 Å². The highest BCUT2D eigenvalue weighted by atomic mass is 127. The molecule has 0 unspecified atom stereocenters. The van der Waals surface area contributed by atoms with Crippen LogP contribution >= 0.6 is 22.6 Å². The summed E-state index contributed by atoms with van der Waals surface area (Å²) in [5, 5.41) is 3.34. The summed E-state index contributed by atoms with van der Waals surface area (Å²) in [4.78, 5) is 21.4. The van der Waals surface area contributed by atoms with Crippen molar-refractivity contribution in [3.05, 3.63) is 4.91 Å². The number of hydrogen-bond acceptors (Lipinski definition) is 4. The minimum atomic E-state index is -0.695. The maximum absolute atomic E-state index is 11.2. The second-order valence-electron chi connectivity index (χ2n) is 3.37. The summed E-state index contributed by atoms with van der Waals surface area (Å²) in [6.07, 6.45) is -0.695. The van der Waals surface area contributed by atoms with Crippen molar-refractivity contribution in [2.45, 2.75) is 26.4 Å². The average Bonchev–Trinajstić information content (AvgIpc) is 1.96. The van der Waals surface area contributed by atoms with Crippen molar-refractivity contribution in [1.82, 2.24) is 5.01 Å². The van der Waals surface area contributed by atoms with E-state index in [4.69, 9.17) is 4.74 Å². The largest absolute Gasteiger partial charge is 0.442 e. The van der Waals surface area contributed by atoms with Gasteiger partial charge in [-0.1, -0.05) is 22.6 Å². The van der Waals surface area contributed by atoms with Gasteiger partial charge in [0.2, 0.25) is 0 Å². The summed E-state index contributed by atoms with van der Waals surface area (Å²) >= 11 is 2.05. The fourth-order valence-electron chi connectivity index (χ4n) is 0.560. The third kappa shape index (κ3) is 5.78. The molecule has 0 aromatic rings. The Morgan fingerprint density at radius 1 is 1.54 bits per heavy atom. The summed E-state index contributed by atoms with van der Waals surface area (Å²) in [5.74, 6) is 0. The lowest BCUT2D eigenvalue weighted by molar-refractivity contribution is 0.0264. The van der Waals surface area contributed by atoms with Gasteiger partial charge in [-0.3, -0.25) is 0 Å². The van der Waals surface area contributed by atoms with E-state index in [2.05, 4.69) is 5.29 Å². The molecule has 0 aliphatic rings. The number of alkyl halides is 1. The van der Waals surface area contributed by atoms with Crippen LogP contribution in [0.5, 0.6) is 0 Å². The molecule has 5 nitrogen and oxygen atoms in total. The Morgan fingerprint density at radius 3 is 2.38 bits per heavy atom. The smallest absolute Gasteiger partial charge is 0.433 e. The summed E-state index contributed by atoms with van der Waals surface area (Å²) in [5.41, 5.74) is -0.592. The molecule has 76 valence electrons. The molecular weight excluding hydrogens is 287 g/mol. The van der Waals surface area contributed by atoms with E-state index < -0.39 is 11.7 Å². The topological polar surface area (TPSA) is 59.0 Å². The van der Waals surface area contributed by atoms with E-state index >= 15 is 0 Å². The number of carbonyl (C=O) groups is 1. The highest BCUT2D eigenvalue weighted by Crippen LogP contribution is 2.10. The maximum atomic E-state index is 11.2. The van der Waals surface area contributed by atoms with Crippen molar-refractivity contribution in [2.75, 3.05) is 11.0 Å². The number of halogens is 1. The Hall–Kier alpha value is -0.400. The number of nitrogens with zero attached hydrogens (tertiary/aromatic N) is 2. The number of ether oxygens (including phenoxy) is 1. The van der Waals surface area contributed by atoms with Crippen LogP contribution in [-0.2, 0) is 4.74 Å². The zero-order chi connectivity index (χ0) is 10.5. The van der Waals surface area contributed by atoms with E-state index in [0.717, 1.165) is 5.01 Å². The first-order valence-electron chi connectivity index (χ1n) is 3.80. The summed E-state index contributed by atoms with van der Waals surface area (Å²) in [6, 6.07) is 0. The normalized spacial score (nSPS) is 10.8. The average molecular weight is 300 g/mol. The van der Waals surface area contributed by atoms with Crippen LogP contribution < -0.4 is 0 Å². The lowest BCUT2D eigenvalue weighted by atomic mass is 10.2. The molecule has 0 saturated heterocycles. The molecule has 0 aliphatic heterocycles. The molecule has 0 bridgehead atoms. The van der Waals surface area contributed by atoms with Crippen molar-refractivity contribution >= 4 is 28.7 Å². The number of amides is 1. The van der Waals surface area contributed by atoms with Gasteiger partial charge in [0.25, 0.3) is 0 Å². The molecule has 0 radical (unpaired) electrons. The fraction of sp³-hybridized carbons (Fsp3) is 0.857. The molecule has 0 spiro atoms. The molecule has 0 aromatic carbocycles. The quantitative estimate of drug-likeness (QED) is 0.348. The van der Waals surface area contributed by atoms with Gasteiger partial charge in [-0.15, -0.1) is 4.91 Å². The zero-order valence-electron chi connectivity index (χ0n) is 7.91. The van der Waals surface area contributed by atoms with Gasteiger partial charge < -0.3 is 4.74 Å². The lowest BCUT2D eigenvalue weighted by Crippen LogP contribution is -2.34. The Kier molecular flexibility index (Phi) is 5.19. The SMILES string of the molecule is CC(C)(C)OC(=O)N(CCI)N=O. The number of rotatable bonds is 3. The number of hydrogen-bond donors (Lipinski definition) is 0. The third-order valence-corrected chi connectivity index (χ3v) is 1.48. The molecule has 13 heavy (non-hydrogen) atoms. The van der Waals surface area contributed by atoms with E-state index in [1.165, 1.54) is 0 Å². The Balaban J connectivity index is 4.14. The van der Waals surface area contributed by atoms with Crippen LogP contribution in [0.1, 0.15) is 20.8 Å². The van der Waals surface area contributed by atoms with Crippen molar-refractivity contribution in [2.24, 2.45) is 5.29 Å². The third-order valence-electron chi connectivity index (χ3n) is 0.999. The molecule has 0 saturated carbocycles. The molecule has 1 amide bonds. The molecular formula is C7H13IN2O3. The van der Waals surface area contributed by atoms with Gasteiger partial charge in [-0.25, -0.2) is 4.79 Å². The molecule has 0 atom stereocenters. The standard InChI is InChI=1S/C7H13IN2O3/c1-7(2,3)13-6(11)10(9-12)5-4-8/h4-5H2,1-3H3. The second-order valence-corrected chi connectivity index (χ2v) is 4.45. The molecule has 0 N–H and O–H groups in total. The maximum Gasteiger partial charge on any atom is 0.433 e. The summed E-state index contributed by atoms with van der Waals surface area (Å²) in [7, 11) is 0. The first-order chi connectivity index (χ1) is 5.90. The van der Waals surface area contributed by atoms with Gasteiger partial charge in [-0.2, -0.15) is 5.01 Å². The van der Waals surface area contributed by atoms with Gasteiger partial charge in [0.05, 0.1) is 11.8 Å². The van der Waals surface area contributed by atoms with E-state index in [1.54, 1.807) is 20.8 Å². The molecule has 0 rings (SSSR count). The minimum absolute atomic E-state index is 0.277. The van der Waals surface area contributed by atoms with E-state index in [1.807, 2.05) is 22.6 Å². The fourth-order valence-corrected chi connectivity index (χ4v) is 1.02. The lowest BCUT2D eigenvalue weighted by Gasteiger charge is -2.21. The Labute approximate surface area is 90.9 Å². The van der Waals surface area contributed by atoms with E-state index in [-0.39, 0.29) is 6.54 Å². The zero-order valence-corrected chi connectivity index (χ0v) is 10.1. The van der Waals surface area contributed by atoms with Crippen LogP contribution in [0.2, 0.25) is 0 Å². The second kappa shape index (κ2) is 5.36. The summed E-state index contributed by atoms with van der Waals surface area (Å²) in [6.45, 7) is 5.48. The highest BCUT2D eigenvalue weighted by Gasteiger charge is 2.22. The van der Waals surface area contributed by atoms with Crippen LogP contribution in [0.3, 0.4) is 0 Å². The monoisotopic (exact) mass is 300 g/mol. The van der Waals surface area contributed by atoms with Crippen LogP contribution in [0.15, 0.2) is 5.29 Å².